The molecule has 0 aliphatic carbocycles. The number of hydrazine groups is 1. The fourth-order valence-corrected chi connectivity index (χ4v) is 1.80. The predicted molar refractivity (Wildman–Crippen MR) is 80.4 cm³/mol. The number of hydrogen-bond donors (Lipinski definition) is 2. The molecule has 112 valence electrons. The molecule has 2 aliphatic heterocycles. The van der Waals surface area contributed by atoms with Crippen LogP contribution in [0.5, 0.6) is 0 Å². The van der Waals surface area contributed by atoms with Crippen molar-refractivity contribution < 1.29 is 4.74 Å². The summed E-state index contributed by atoms with van der Waals surface area (Å²) in [6, 6.07) is 0. The van der Waals surface area contributed by atoms with Gasteiger partial charge in [-0.3, -0.25) is 5.84 Å². The van der Waals surface area contributed by atoms with Gasteiger partial charge in [0.2, 0.25) is 0 Å². The van der Waals surface area contributed by atoms with Gasteiger partial charge in [0.25, 0.3) is 0 Å². The minimum atomic E-state index is 0. The SMILES string of the molecule is CN1CCN(N)CC1.Cl.Cl.NCC1CCOCC1. The molecule has 0 bridgehead atoms. The van der Waals surface area contributed by atoms with Gasteiger partial charge in [0.15, 0.2) is 0 Å². The lowest BCUT2D eigenvalue weighted by Crippen LogP contribution is -2.47. The molecule has 5 nitrogen and oxygen atoms in total. The van der Waals surface area contributed by atoms with E-state index in [9.17, 15) is 0 Å². The second-order valence-corrected chi connectivity index (χ2v) is 4.63. The van der Waals surface area contributed by atoms with Crippen LogP contribution in [0.2, 0.25) is 0 Å². The van der Waals surface area contributed by atoms with Crippen LogP contribution in [-0.2, 0) is 4.74 Å². The molecule has 7 heteroatoms. The predicted octanol–water partition coefficient (Wildman–Crippen LogP) is 0.323. The lowest BCUT2D eigenvalue weighted by atomic mass is 10.0. The Hall–Kier alpha value is 0.380. The van der Waals surface area contributed by atoms with E-state index < -0.39 is 0 Å². The third kappa shape index (κ3) is 9.33. The van der Waals surface area contributed by atoms with E-state index in [-0.39, 0.29) is 24.8 Å². The molecule has 2 saturated heterocycles. The van der Waals surface area contributed by atoms with E-state index in [0.29, 0.717) is 0 Å². The largest absolute Gasteiger partial charge is 0.381 e. The van der Waals surface area contributed by atoms with E-state index in [0.717, 1.165) is 64.7 Å². The highest BCUT2D eigenvalue weighted by molar-refractivity contribution is 5.85. The Morgan fingerprint density at radius 3 is 1.89 bits per heavy atom. The molecule has 0 radical (unpaired) electrons. The van der Waals surface area contributed by atoms with Crippen LogP contribution in [0.15, 0.2) is 0 Å². The number of ether oxygens (including phenoxy) is 1. The minimum Gasteiger partial charge on any atom is -0.381 e. The van der Waals surface area contributed by atoms with Gasteiger partial charge in [0.1, 0.15) is 0 Å². The third-order valence-corrected chi connectivity index (χ3v) is 3.21. The molecule has 2 fully saturated rings. The number of hydrogen-bond acceptors (Lipinski definition) is 5. The van der Waals surface area contributed by atoms with Gasteiger partial charge in [0.05, 0.1) is 0 Å². The molecule has 0 spiro atoms. The van der Waals surface area contributed by atoms with Crippen molar-refractivity contribution in [3.63, 3.8) is 0 Å². The quantitative estimate of drug-likeness (QED) is 0.683. The Labute approximate surface area is 123 Å². The first-order chi connectivity index (χ1) is 7.72. The smallest absolute Gasteiger partial charge is 0.0469 e. The molecule has 0 saturated carbocycles. The van der Waals surface area contributed by atoms with Crippen LogP contribution in [0.25, 0.3) is 0 Å². The monoisotopic (exact) mass is 302 g/mol. The zero-order valence-corrected chi connectivity index (χ0v) is 12.8. The maximum absolute atomic E-state index is 5.50. The summed E-state index contributed by atoms with van der Waals surface area (Å²) in [4.78, 5) is 2.28. The van der Waals surface area contributed by atoms with Crippen LogP contribution in [0.3, 0.4) is 0 Å². The molecule has 0 aromatic rings. The summed E-state index contributed by atoms with van der Waals surface area (Å²) >= 11 is 0. The van der Waals surface area contributed by atoms with E-state index >= 15 is 0 Å². The number of likely N-dealkylation sites (N-methyl/N-ethyl adjacent to an activating group) is 1. The summed E-state index contributed by atoms with van der Waals surface area (Å²) in [5.74, 6) is 6.24. The zero-order valence-electron chi connectivity index (χ0n) is 11.2. The van der Waals surface area contributed by atoms with Crippen molar-refractivity contribution in [3.05, 3.63) is 0 Å². The average Bonchev–Trinajstić information content (AvgIpc) is 2.35. The fourth-order valence-electron chi connectivity index (χ4n) is 1.80. The maximum atomic E-state index is 5.50. The van der Waals surface area contributed by atoms with Crippen molar-refractivity contribution >= 4 is 24.8 Å². The van der Waals surface area contributed by atoms with Crippen LogP contribution in [-0.4, -0.2) is 62.9 Å². The van der Waals surface area contributed by atoms with Gasteiger partial charge in [-0.15, -0.1) is 24.8 Å². The number of nitrogens with zero attached hydrogens (tertiary/aromatic N) is 2. The van der Waals surface area contributed by atoms with Crippen LogP contribution in [0, 0.1) is 5.92 Å². The van der Waals surface area contributed by atoms with E-state index in [2.05, 4.69) is 11.9 Å². The average molecular weight is 303 g/mol. The second-order valence-electron chi connectivity index (χ2n) is 4.63. The molecule has 2 heterocycles. The Morgan fingerprint density at radius 1 is 1.06 bits per heavy atom. The Balaban J connectivity index is 0. The summed E-state index contributed by atoms with van der Waals surface area (Å²) in [5, 5.41) is 1.86. The lowest BCUT2D eigenvalue weighted by Gasteiger charge is -2.28. The van der Waals surface area contributed by atoms with Gasteiger partial charge >= 0.3 is 0 Å². The first-order valence-corrected chi connectivity index (χ1v) is 6.18. The van der Waals surface area contributed by atoms with E-state index in [1.54, 1.807) is 0 Å². The molecule has 0 unspecified atom stereocenters. The van der Waals surface area contributed by atoms with E-state index in [1.165, 1.54) is 0 Å². The molecule has 0 aromatic heterocycles. The summed E-state index contributed by atoms with van der Waals surface area (Å²) in [5.41, 5.74) is 5.45. The van der Waals surface area contributed by atoms with Gasteiger partial charge in [-0.25, -0.2) is 5.01 Å². The Bertz CT molecular complexity index is 164. The molecule has 2 aliphatic rings. The summed E-state index contributed by atoms with van der Waals surface area (Å²) in [7, 11) is 2.12. The van der Waals surface area contributed by atoms with Gasteiger partial charge in [-0.05, 0) is 32.4 Å². The summed E-state index contributed by atoms with van der Waals surface area (Å²) in [6.45, 7) is 6.91. The Morgan fingerprint density at radius 2 is 1.56 bits per heavy atom. The van der Waals surface area contributed by atoms with E-state index in [1.807, 2.05) is 5.01 Å². The summed E-state index contributed by atoms with van der Waals surface area (Å²) in [6.07, 6.45) is 2.33. The van der Waals surface area contributed by atoms with Crippen molar-refractivity contribution in [2.45, 2.75) is 12.8 Å². The molecule has 0 aromatic carbocycles. The zero-order chi connectivity index (χ0) is 11.8. The van der Waals surface area contributed by atoms with Crippen LogP contribution in [0.4, 0.5) is 0 Å². The first kappa shape index (κ1) is 20.7. The molecule has 4 N–H and O–H groups in total. The third-order valence-electron chi connectivity index (χ3n) is 3.21. The van der Waals surface area contributed by atoms with Gasteiger partial charge in [0, 0.05) is 39.4 Å². The van der Waals surface area contributed by atoms with Crippen LogP contribution in [0.1, 0.15) is 12.8 Å². The number of rotatable bonds is 1. The standard InChI is InChI=1S/C6H13NO.C5H13N3.2ClH/c7-5-6-1-3-8-4-2-6;1-7-2-4-8(6)5-3-7;;/h6H,1-5,7H2;2-6H2,1H3;2*1H. The topological polar surface area (TPSA) is 67.8 Å². The minimum absolute atomic E-state index is 0. The molecule has 18 heavy (non-hydrogen) atoms. The highest BCUT2D eigenvalue weighted by atomic mass is 35.5. The molecule has 0 atom stereocenters. The maximum Gasteiger partial charge on any atom is 0.0469 e. The molecule has 2 rings (SSSR count). The Kier molecular flexibility index (Phi) is 14.3. The first-order valence-electron chi connectivity index (χ1n) is 6.18. The number of nitrogens with two attached hydrogens (primary N) is 2. The highest BCUT2D eigenvalue weighted by Gasteiger charge is 2.10. The van der Waals surface area contributed by atoms with E-state index in [4.69, 9.17) is 16.3 Å². The summed E-state index contributed by atoms with van der Waals surface area (Å²) < 4.78 is 5.15. The van der Waals surface area contributed by atoms with Crippen LogP contribution >= 0.6 is 24.8 Å². The molecular weight excluding hydrogens is 275 g/mol. The van der Waals surface area contributed by atoms with Crippen molar-refractivity contribution in [1.29, 1.82) is 0 Å². The van der Waals surface area contributed by atoms with Gasteiger partial charge < -0.3 is 15.4 Å². The number of halogens is 2. The second kappa shape index (κ2) is 12.4. The van der Waals surface area contributed by atoms with Crippen molar-refractivity contribution in [2.75, 3.05) is 53.0 Å². The molecule has 0 amide bonds. The normalized spacial score (nSPS) is 22.2. The van der Waals surface area contributed by atoms with Crippen molar-refractivity contribution in [1.82, 2.24) is 9.91 Å². The van der Waals surface area contributed by atoms with Gasteiger partial charge in [-0.2, -0.15) is 0 Å². The fraction of sp³-hybridized carbons (Fsp3) is 1.00. The highest BCUT2D eigenvalue weighted by Crippen LogP contribution is 2.11. The lowest BCUT2D eigenvalue weighted by molar-refractivity contribution is 0.0688. The number of piperazine rings is 1. The van der Waals surface area contributed by atoms with Crippen molar-refractivity contribution in [2.24, 2.45) is 17.5 Å². The molecular formula is C11H28Cl2N4O. The van der Waals surface area contributed by atoms with Crippen LogP contribution < -0.4 is 11.6 Å². The van der Waals surface area contributed by atoms with Gasteiger partial charge in [-0.1, -0.05) is 0 Å². The van der Waals surface area contributed by atoms with Crippen molar-refractivity contribution in [3.8, 4) is 0 Å².